The van der Waals surface area contributed by atoms with E-state index in [1.54, 1.807) is 32.2 Å². The Morgan fingerprint density at radius 2 is 1.82 bits per heavy atom. The Hall–Kier alpha value is -2.09. The molecule has 1 aromatic carbocycles. The molecule has 0 N–H and O–H groups in total. The van der Waals surface area contributed by atoms with Crippen molar-refractivity contribution in [1.29, 1.82) is 0 Å². The molecule has 0 saturated carbocycles. The predicted molar refractivity (Wildman–Crippen MR) is 82.4 cm³/mol. The highest BCUT2D eigenvalue weighted by Crippen LogP contribution is 2.38. The summed E-state index contributed by atoms with van der Waals surface area (Å²) in [5.74, 6) is -0.293. The number of urea groups is 1. The average molecular weight is 323 g/mol. The van der Waals surface area contributed by atoms with Gasteiger partial charge in [-0.1, -0.05) is 6.07 Å². The van der Waals surface area contributed by atoms with Crippen LogP contribution in [0.3, 0.4) is 0 Å². The Labute approximate surface area is 129 Å². The van der Waals surface area contributed by atoms with E-state index in [9.17, 15) is 18.0 Å². The SMILES string of the molecule is CC1C(=O)N(c2cccc3c2CCN3S(C)(=O)=O)C(=O)N1C. The smallest absolute Gasteiger partial charge is 0.315 e. The van der Waals surface area contributed by atoms with Crippen LogP contribution in [0.4, 0.5) is 16.2 Å². The van der Waals surface area contributed by atoms with Crippen molar-refractivity contribution in [3.05, 3.63) is 23.8 Å². The summed E-state index contributed by atoms with van der Waals surface area (Å²) < 4.78 is 25.0. The Morgan fingerprint density at radius 1 is 1.18 bits per heavy atom. The zero-order chi connectivity index (χ0) is 16.2. The van der Waals surface area contributed by atoms with Gasteiger partial charge in [0.1, 0.15) is 6.04 Å². The first-order chi connectivity index (χ1) is 10.2. The first kappa shape index (κ1) is 14.8. The molecule has 1 aromatic rings. The summed E-state index contributed by atoms with van der Waals surface area (Å²) in [5, 5.41) is 0. The van der Waals surface area contributed by atoms with Gasteiger partial charge in [-0.15, -0.1) is 0 Å². The van der Waals surface area contributed by atoms with Gasteiger partial charge in [-0.05, 0) is 25.5 Å². The van der Waals surface area contributed by atoms with Crippen molar-refractivity contribution in [1.82, 2.24) is 4.90 Å². The van der Waals surface area contributed by atoms with Gasteiger partial charge in [0, 0.05) is 19.2 Å². The van der Waals surface area contributed by atoms with E-state index >= 15 is 0 Å². The van der Waals surface area contributed by atoms with Crippen molar-refractivity contribution >= 4 is 33.3 Å². The molecule has 118 valence electrons. The van der Waals surface area contributed by atoms with Crippen molar-refractivity contribution in [2.45, 2.75) is 19.4 Å². The molecule has 0 aromatic heterocycles. The predicted octanol–water partition coefficient (Wildman–Crippen LogP) is 0.796. The van der Waals surface area contributed by atoms with Gasteiger partial charge in [0.05, 0.1) is 17.6 Å². The van der Waals surface area contributed by atoms with Crippen LogP contribution in [0.1, 0.15) is 12.5 Å². The summed E-state index contributed by atoms with van der Waals surface area (Å²) in [6.07, 6.45) is 1.63. The van der Waals surface area contributed by atoms with E-state index in [-0.39, 0.29) is 11.9 Å². The fraction of sp³-hybridized carbons (Fsp3) is 0.429. The van der Waals surface area contributed by atoms with E-state index in [0.717, 1.165) is 16.7 Å². The molecule has 0 spiro atoms. The highest BCUT2D eigenvalue weighted by atomic mass is 32.2. The number of benzene rings is 1. The standard InChI is InChI=1S/C14H17N3O4S/c1-9-13(18)17(14(19)15(9)2)12-6-4-5-11-10(12)7-8-16(11)22(3,20)21/h4-6,9H,7-8H2,1-3H3. The highest BCUT2D eigenvalue weighted by molar-refractivity contribution is 7.92. The van der Waals surface area contributed by atoms with Gasteiger partial charge in [0.15, 0.2) is 0 Å². The fourth-order valence-corrected chi connectivity index (χ4v) is 3.88. The summed E-state index contributed by atoms with van der Waals surface area (Å²) in [7, 11) is -1.79. The lowest BCUT2D eigenvalue weighted by Gasteiger charge is -2.19. The first-order valence-electron chi connectivity index (χ1n) is 6.94. The Bertz CT molecular complexity index is 754. The van der Waals surface area contributed by atoms with Gasteiger partial charge in [0.2, 0.25) is 10.0 Å². The number of hydrogen-bond donors (Lipinski definition) is 0. The van der Waals surface area contributed by atoms with Gasteiger partial charge in [-0.25, -0.2) is 18.1 Å². The van der Waals surface area contributed by atoms with Crippen molar-refractivity contribution in [2.75, 3.05) is 29.1 Å². The number of fused-ring (bicyclic) bond motifs is 1. The average Bonchev–Trinajstić information content (AvgIpc) is 2.96. The first-order valence-corrected chi connectivity index (χ1v) is 8.78. The van der Waals surface area contributed by atoms with E-state index in [2.05, 4.69) is 0 Å². The summed E-state index contributed by atoms with van der Waals surface area (Å²) in [6.45, 7) is 2.00. The lowest BCUT2D eigenvalue weighted by molar-refractivity contribution is -0.119. The molecule has 2 aliphatic rings. The van der Waals surface area contributed by atoms with E-state index in [0.29, 0.717) is 24.3 Å². The Kier molecular flexibility index (Phi) is 3.17. The maximum Gasteiger partial charge on any atom is 0.331 e. The summed E-state index contributed by atoms with van der Waals surface area (Å²) in [6, 6.07) is 4.15. The topological polar surface area (TPSA) is 78.0 Å². The van der Waals surface area contributed by atoms with Crippen LogP contribution in [0.25, 0.3) is 0 Å². The molecule has 0 bridgehead atoms. The third kappa shape index (κ3) is 1.98. The Balaban J connectivity index is 2.11. The molecule has 2 heterocycles. The third-order valence-corrected chi connectivity index (χ3v) is 5.43. The maximum atomic E-state index is 12.3. The number of likely N-dealkylation sites (N-methyl/N-ethyl adjacent to an activating group) is 1. The minimum atomic E-state index is -3.37. The molecular formula is C14H17N3O4S. The molecule has 7 nitrogen and oxygen atoms in total. The number of carbonyl (C=O) groups is 2. The molecule has 1 unspecified atom stereocenters. The van der Waals surface area contributed by atoms with Gasteiger partial charge >= 0.3 is 6.03 Å². The van der Waals surface area contributed by atoms with Gasteiger partial charge < -0.3 is 4.90 Å². The monoisotopic (exact) mass is 323 g/mol. The molecule has 8 heteroatoms. The van der Waals surface area contributed by atoms with Crippen LogP contribution in [0.15, 0.2) is 18.2 Å². The van der Waals surface area contributed by atoms with Crippen LogP contribution in [0.5, 0.6) is 0 Å². The second kappa shape index (κ2) is 4.70. The Morgan fingerprint density at radius 3 is 2.36 bits per heavy atom. The summed E-state index contributed by atoms with van der Waals surface area (Å²) >= 11 is 0. The molecule has 1 saturated heterocycles. The van der Waals surface area contributed by atoms with E-state index in [1.165, 1.54) is 9.21 Å². The van der Waals surface area contributed by atoms with E-state index in [4.69, 9.17) is 0 Å². The lowest BCUT2D eigenvalue weighted by atomic mass is 10.1. The fourth-order valence-electron chi connectivity index (χ4n) is 2.93. The second-order valence-corrected chi connectivity index (χ2v) is 7.51. The summed E-state index contributed by atoms with van der Waals surface area (Å²) in [5.41, 5.74) is 1.75. The number of amides is 3. The van der Waals surface area contributed by atoms with Crippen molar-refractivity contribution < 1.29 is 18.0 Å². The van der Waals surface area contributed by atoms with Crippen LogP contribution in [0.2, 0.25) is 0 Å². The number of carbonyl (C=O) groups excluding carboxylic acids is 2. The van der Waals surface area contributed by atoms with Crippen LogP contribution < -0.4 is 9.21 Å². The molecule has 0 radical (unpaired) electrons. The molecular weight excluding hydrogens is 306 g/mol. The number of anilines is 2. The zero-order valence-electron chi connectivity index (χ0n) is 12.6. The van der Waals surface area contributed by atoms with Crippen LogP contribution in [0, 0.1) is 0 Å². The van der Waals surface area contributed by atoms with Crippen molar-refractivity contribution in [2.24, 2.45) is 0 Å². The van der Waals surface area contributed by atoms with Crippen LogP contribution in [-0.4, -0.2) is 51.1 Å². The second-order valence-electron chi connectivity index (χ2n) is 5.60. The van der Waals surface area contributed by atoms with Gasteiger partial charge in [-0.2, -0.15) is 0 Å². The molecule has 3 amide bonds. The molecule has 3 rings (SSSR count). The minimum Gasteiger partial charge on any atom is -0.315 e. The van der Waals surface area contributed by atoms with Gasteiger partial charge in [0.25, 0.3) is 5.91 Å². The highest BCUT2D eigenvalue weighted by Gasteiger charge is 2.43. The van der Waals surface area contributed by atoms with E-state index < -0.39 is 16.1 Å². The van der Waals surface area contributed by atoms with Crippen LogP contribution >= 0.6 is 0 Å². The minimum absolute atomic E-state index is 0.293. The number of imide groups is 1. The third-order valence-electron chi connectivity index (χ3n) is 4.25. The number of rotatable bonds is 2. The lowest BCUT2D eigenvalue weighted by Crippen LogP contribution is -2.32. The quantitative estimate of drug-likeness (QED) is 0.754. The van der Waals surface area contributed by atoms with Gasteiger partial charge in [-0.3, -0.25) is 9.10 Å². The molecule has 0 aliphatic carbocycles. The molecule has 1 atom stereocenters. The normalized spacial score (nSPS) is 21.8. The molecule has 22 heavy (non-hydrogen) atoms. The van der Waals surface area contributed by atoms with Crippen molar-refractivity contribution in [3.8, 4) is 0 Å². The zero-order valence-corrected chi connectivity index (χ0v) is 13.4. The maximum absolute atomic E-state index is 12.3. The van der Waals surface area contributed by atoms with Crippen LogP contribution in [-0.2, 0) is 21.2 Å². The largest absolute Gasteiger partial charge is 0.331 e. The molecule has 2 aliphatic heterocycles. The van der Waals surface area contributed by atoms with E-state index in [1.807, 2.05) is 0 Å². The number of nitrogens with zero attached hydrogens (tertiary/aromatic N) is 3. The number of hydrogen-bond acceptors (Lipinski definition) is 4. The number of sulfonamides is 1. The molecule has 1 fully saturated rings. The van der Waals surface area contributed by atoms with Crippen molar-refractivity contribution in [3.63, 3.8) is 0 Å². The summed E-state index contributed by atoms with van der Waals surface area (Å²) in [4.78, 5) is 27.2.